The van der Waals surface area contributed by atoms with Gasteiger partial charge in [-0.3, -0.25) is 0 Å². The Bertz CT molecular complexity index is 302. The van der Waals surface area contributed by atoms with Crippen molar-refractivity contribution in [1.82, 2.24) is 0 Å². The van der Waals surface area contributed by atoms with Gasteiger partial charge in [0.25, 0.3) is 0 Å². The highest BCUT2D eigenvalue weighted by Gasteiger charge is 2.21. The van der Waals surface area contributed by atoms with Gasteiger partial charge in [0, 0.05) is 5.02 Å². The fourth-order valence-corrected chi connectivity index (χ4v) is 6.53. The van der Waals surface area contributed by atoms with E-state index in [4.69, 9.17) is 15.7 Å². The highest BCUT2D eigenvalue weighted by atomic mass is 35.5. The predicted octanol–water partition coefficient (Wildman–Crippen LogP) is 2.78. The van der Waals surface area contributed by atoms with Gasteiger partial charge < -0.3 is 4.12 Å². The van der Waals surface area contributed by atoms with E-state index in [1.807, 2.05) is 18.2 Å². The molecular formula is C10H17ClOSi2. The first kappa shape index (κ1) is 12.0. The molecule has 0 aliphatic carbocycles. The number of benzene rings is 1. The molecule has 0 aliphatic heterocycles. The minimum Gasteiger partial charge on any atom is -0.460 e. The highest BCUT2D eigenvalue weighted by Crippen LogP contribution is 2.16. The lowest BCUT2D eigenvalue weighted by atomic mass is 10.2. The summed E-state index contributed by atoms with van der Waals surface area (Å²) >= 11 is 5.93. The summed E-state index contributed by atoms with van der Waals surface area (Å²) in [6.45, 7) is 6.72. The SMILES string of the molecule is C[SiH2]O[Si](C)(C)Cc1cccc(Cl)c1. The molecule has 1 aromatic rings. The molecule has 0 aliphatic rings. The average molecular weight is 245 g/mol. The standard InChI is InChI=1S/C10H17ClOSi2/c1-13-12-14(2,3)8-9-5-4-6-10(11)7-9/h4-7H,8,13H2,1-3H3. The van der Waals surface area contributed by atoms with Gasteiger partial charge in [0.15, 0.2) is 8.32 Å². The van der Waals surface area contributed by atoms with Crippen LogP contribution in [-0.4, -0.2) is 18.1 Å². The summed E-state index contributed by atoms with van der Waals surface area (Å²) in [7, 11) is -1.75. The van der Waals surface area contributed by atoms with E-state index in [1.54, 1.807) is 0 Å². The van der Waals surface area contributed by atoms with Crippen LogP contribution >= 0.6 is 11.6 Å². The third-order valence-electron chi connectivity index (χ3n) is 2.05. The first-order chi connectivity index (χ1) is 6.53. The maximum Gasteiger partial charge on any atom is 0.177 e. The Hall–Kier alpha value is -0.0962. The van der Waals surface area contributed by atoms with Crippen LogP contribution in [0, 0.1) is 0 Å². The molecule has 4 heteroatoms. The zero-order chi connectivity index (χ0) is 10.6. The first-order valence-corrected chi connectivity index (χ1v) is 10.4. The minimum atomic E-state index is -1.46. The van der Waals surface area contributed by atoms with E-state index < -0.39 is 8.32 Å². The molecule has 0 radical (unpaired) electrons. The molecule has 0 aromatic heterocycles. The molecule has 78 valence electrons. The van der Waals surface area contributed by atoms with Gasteiger partial charge in [-0.05, 0) is 36.8 Å². The number of rotatable bonds is 4. The fourth-order valence-electron chi connectivity index (χ4n) is 1.58. The summed E-state index contributed by atoms with van der Waals surface area (Å²) < 4.78 is 5.91. The fraction of sp³-hybridized carbons (Fsp3) is 0.400. The summed E-state index contributed by atoms with van der Waals surface area (Å²) in [5, 5.41) is 0.820. The van der Waals surface area contributed by atoms with Crippen molar-refractivity contribution in [2.75, 3.05) is 0 Å². The van der Waals surface area contributed by atoms with Gasteiger partial charge in [0.2, 0.25) is 0 Å². The quantitative estimate of drug-likeness (QED) is 0.741. The van der Waals surface area contributed by atoms with Crippen molar-refractivity contribution >= 4 is 29.7 Å². The van der Waals surface area contributed by atoms with Crippen molar-refractivity contribution in [3.05, 3.63) is 34.9 Å². The Morgan fingerprint density at radius 1 is 1.43 bits per heavy atom. The van der Waals surface area contributed by atoms with Crippen molar-refractivity contribution in [3.63, 3.8) is 0 Å². The Labute approximate surface area is 94.5 Å². The van der Waals surface area contributed by atoms with Crippen molar-refractivity contribution in [2.45, 2.75) is 25.7 Å². The third-order valence-corrected chi connectivity index (χ3v) is 7.83. The van der Waals surface area contributed by atoms with Gasteiger partial charge in [0.1, 0.15) is 9.76 Å². The molecule has 0 bridgehead atoms. The molecule has 0 N–H and O–H groups in total. The van der Waals surface area contributed by atoms with Crippen LogP contribution in [0.5, 0.6) is 0 Å². The van der Waals surface area contributed by atoms with Gasteiger partial charge in [-0.2, -0.15) is 0 Å². The van der Waals surface area contributed by atoms with Crippen LogP contribution in [0.2, 0.25) is 24.7 Å². The van der Waals surface area contributed by atoms with E-state index in [-0.39, 0.29) is 9.76 Å². The number of hydrogen-bond donors (Lipinski definition) is 0. The van der Waals surface area contributed by atoms with Crippen LogP contribution in [-0.2, 0) is 10.2 Å². The van der Waals surface area contributed by atoms with E-state index in [9.17, 15) is 0 Å². The molecule has 0 fully saturated rings. The van der Waals surface area contributed by atoms with Crippen molar-refractivity contribution in [1.29, 1.82) is 0 Å². The molecule has 0 saturated carbocycles. The summed E-state index contributed by atoms with van der Waals surface area (Å²) in [5.41, 5.74) is 1.30. The molecule has 0 spiro atoms. The third kappa shape index (κ3) is 3.96. The lowest BCUT2D eigenvalue weighted by Crippen LogP contribution is -2.34. The second-order valence-corrected chi connectivity index (χ2v) is 10.0. The van der Waals surface area contributed by atoms with Crippen LogP contribution in [0.15, 0.2) is 24.3 Å². The molecule has 0 amide bonds. The van der Waals surface area contributed by atoms with Crippen LogP contribution in [0.3, 0.4) is 0 Å². The van der Waals surface area contributed by atoms with E-state index in [0.29, 0.717) is 0 Å². The van der Waals surface area contributed by atoms with Gasteiger partial charge in [-0.25, -0.2) is 0 Å². The van der Waals surface area contributed by atoms with Gasteiger partial charge in [0.05, 0.1) is 0 Å². The molecule has 0 atom stereocenters. The normalized spacial score (nSPS) is 12.6. The topological polar surface area (TPSA) is 9.23 Å². The molecule has 14 heavy (non-hydrogen) atoms. The van der Waals surface area contributed by atoms with Crippen LogP contribution in [0.25, 0.3) is 0 Å². The lowest BCUT2D eigenvalue weighted by Gasteiger charge is -2.22. The summed E-state index contributed by atoms with van der Waals surface area (Å²) in [6, 6.07) is 9.15. The second kappa shape index (κ2) is 5.12. The largest absolute Gasteiger partial charge is 0.460 e. The van der Waals surface area contributed by atoms with E-state index >= 15 is 0 Å². The van der Waals surface area contributed by atoms with Crippen LogP contribution in [0.1, 0.15) is 5.56 Å². The maximum atomic E-state index is 5.93. The summed E-state index contributed by atoms with van der Waals surface area (Å²) in [5.74, 6) is 0. The zero-order valence-corrected chi connectivity index (χ0v) is 12.2. The van der Waals surface area contributed by atoms with Gasteiger partial charge in [-0.15, -0.1) is 0 Å². The maximum absolute atomic E-state index is 5.93. The van der Waals surface area contributed by atoms with Gasteiger partial charge >= 0.3 is 0 Å². The first-order valence-electron chi connectivity index (χ1n) is 4.92. The molecule has 0 unspecified atom stereocenters. The smallest absolute Gasteiger partial charge is 0.177 e. The Kier molecular flexibility index (Phi) is 4.38. The molecule has 1 rings (SSSR count). The molecule has 0 saturated heterocycles. The predicted molar refractivity (Wildman–Crippen MR) is 68.1 cm³/mol. The average Bonchev–Trinajstić information content (AvgIpc) is 2.02. The second-order valence-electron chi connectivity index (χ2n) is 4.00. The molecule has 1 nitrogen and oxygen atoms in total. The monoisotopic (exact) mass is 244 g/mol. The van der Waals surface area contributed by atoms with Crippen molar-refractivity contribution in [2.24, 2.45) is 0 Å². The lowest BCUT2D eigenvalue weighted by molar-refractivity contribution is 0.590. The van der Waals surface area contributed by atoms with E-state index in [2.05, 4.69) is 25.7 Å². The Morgan fingerprint density at radius 3 is 2.71 bits per heavy atom. The van der Waals surface area contributed by atoms with E-state index in [1.165, 1.54) is 5.56 Å². The zero-order valence-electron chi connectivity index (χ0n) is 9.01. The summed E-state index contributed by atoms with van der Waals surface area (Å²) in [4.78, 5) is 0. The Balaban J connectivity index is 2.68. The van der Waals surface area contributed by atoms with Crippen molar-refractivity contribution in [3.8, 4) is 0 Å². The van der Waals surface area contributed by atoms with E-state index in [0.717, 1.165) is 11.1 Å². The highest BCUT2D eigenvalue weighted by molar-refractivity contribution is 6.74. The number of hydrogen-bond acceptors (Lipinski definition) is 1. The van der Waals surface area contributed by atoms with Crippen molar-refractivity contribution < 1.29 is 4.12 Å². The van der Waals surface area contributed by atoms with Crippen LogP contribution in [0.4, 0.5) is 0 Å². The summed E-state index contributed by atoms with van der Waals surface area (Å²) in [6.07, 6.45) is 0. The molecular weight excluding hydrogens is 228 g/mol. The van der Waals surface area contributed by atoms with Crippen LogP contribution < -0.4 is 0 Å². The molecule has 1 aromatic carbocycles. The molecule has 0 heterocycles. The number of halogens is 1. The van der Waals surface area contributed by atoms with Gasteiger partial charge in [-0.1, -0.05) is 30.3 Å². The minimum absolute atomic E-state index is 0.287. The Morgan fingerprint density at radius 2 is 2.14 bits per heavy atom.